The Bertz CT molecular complexity index is 1170. The molecule has 4 rings (SSSR count). The van der Waals surface area contributed by atoms with E-state index in [4.69, 9.17) is 10.6 Å². The highest BCUT2D eigenvalue weighted by Crippen LogP contribution is 2.52. The van der Waals surface area contributed by atoms with E-state index in [2.05, 4.69) is 5.32 Å². The van der Waals surface area contributed by atoms with E-state index in [0.717, 1.165) is 5.56 Å². The lowest BCUT2D eigenvalue weighted by atomic mass is 9.57. The lowest BCUT2D eigenvalue weighted by molar-refractivity contribution is -0.150. The van der Waals surface area contributed by atoms with Gasteiger partial charge in [-0.3, -0.25) is 14.4 Å². The van der Waals surface area contributed by atoms with Crippen LogP contribution in [-0.2, 0) is 32.2 Å². The Morgan fingerprint density at radius 2 is 1.97 bits per heavy atom. The summed E-state index contributed by atoms with van der Waals surface area (Å²) in [7, 11) is 4.65. The Morgan fingerprint density at radius 3 is 2.56 bits per heavy atom. The SMILES string of the molecule is CN[C@@H]1C(=O)C(C(N)=O)=C(O)[C@@]2(O)C(=O)C3=C(O)c4c(O)ccc(CN(C)OC)c4C[C@H]3C[C@@H]12. The fourth-order valence-corrected chi connectivity index (χ4v) is 5.53. The van der Waals surface area contributed by atoms with Crippen LogP contribution in [0.1, 0.15) is 23.1 Å². The predicted molar refractivity (Wildman–Crippen MR) is 118 cm³/mol. The molecule has 1 saturated carbocycles. The average molecular weight is 473 g/mol. The van der Waals surface area contributed by atoms with Gasteiger partial charge in [-0.15, -0.1) is 0 Å². The third kappa shape index (κ3) is 3.16. The van der Waals surface area contributed by atoms with Crippen molar-refractivity contribution >= 4 is 23.2 Å². The molecule has 11 nitrogen and oxygen atoms in total. The highest BCUT2D eigenvalue weighted by atomic mass is 16.7. The maximum Gasteiger partial charge on any atom is 0.255 e. The second-order valence-corrected chi connectivity index (χ2v) is 8.89. The molecule has 7 N–H and O–H groups in total. The van der Waals surface area contributed by atoms with Gasteiger partial charge in [0.05, 0.1) is 18.7 Å². The number of amides is 1. The number of hydroxylamine groups is 2. The molecule has 3 aliphatic rings. The quantitative estimate of drug-likeness (QED) is 0.243. The van der Waals surface area contributed by atoms with Gasteiger partial charge < -0.3 is 36.3 Å². The first kappa shape index (κ1) is 23.9. The number of aliphatic hydroxyl groups excluding tert-OH is 2. The Hall–Kier alpha value is -3.25. The van der Waals surface area contributed by atoms with E-state index in [1.54, 1.807) is 18.2 Å². The van der Waals surface area contributed by atoms with Crippen LogP contribution in [-0.4, -0.2) is 75.8 Å². The van der Waals surface area contributed by atoms with Crippen LogP contribution in [0.15, 0.2) is 29.0 Å². The second kappa shape index (κ2) is 8.20. The van der Waals surface area contributed by atoms with Crippen molar-refractivity contribution in [1.82, 2.24) is 10.4 Å². The number of nitrogens with one attached hydrogen (secondary N) is 1. The van der Waals surface area contributed by atoms with E-state index in [0.29, 0.717) is 12.1 Å². The van der Waals surface area contributed by atoms with Gasteiger partial charge in [-0.05, 0) is 43.0 Å². The molecular weight excluding hydrogens is 446 g/mol. The number of likely N-dealkylation sites (N-methyl/N-ethyl adjacent to an activating group) is 1. The molecule has 0 heterocycles. The molecule has 0 unspecified atom stereocenters. The molecule has 1 aromatic carbocycles. The number of phenolic OH excluding ortho intramolecular Hbond substituents is 1. The summed E-state index contributed by atoms with van der Waals surface area (Å²) in [4.78, 5) is 43.6. The van der Waals surface area contributed by atoms with Crippen LogP contribution in [0, 0.1) is 11.8 Å². The first-order chi connectivity index (χ1) is 16.0. The number of nitrogens with zero attached hydrogens (tertiary/aromatic N) is 1. The first-order valence-electron chi connectivity index (χ1n) is 10.7. The molecule has 182 valence electrons. The molecule has 1 fully saturated rings. The third-order valence-corrected chi connectivity index (χ3v) is 7.20. The lowest BCUT2D eigenvalue weighted by Crippen LogP contribution is -2.65. The summed E-state index contributed by atoms with van der Waals surface area (Å²) in [6.45, 7) is 0.332. The zero-order valence-electron chi connectivity index (χ0n) is 19.0. The fourth-order valence-electron chi connectivity index (χ4n) is 5.53. The van der Waals surface area contributed by atoms with Crippen LogP contribution >= 0.6 is 0 Å². The van der Waals surface area contributed by atoms with Crippen LogP contribution in [0.5, 0.6) is 5.75 Å². The van der Waals surface area contributed by atoms with Gasteiger partial charge in [-0.25, -0.2) is 0 Å². The number of Topliss-reactive ketones (excluding diaryl/α,β-unsaturated/α-hetero) is 2. The number of benzene rings is 1. The second-order valence-electron chi connectivity index (χ2n) is 8.89. The van der Waals surface area contributed by atoms with Crippen molar-refractivity contribution in [2.24, 2.45) is 17.6 Å². The van der Waals surface area contributed by atoms with Crippen molar-refractivity contribution < 1.29 is 39.6 Å². The summed E-state index contributed by atoms with van der Waals surface area (Å²) in [5.74, 6) is -6.77. The number of aromatic hydroxyl groups is 1. The normalized spacial score (nSPS) is 28.7. The van der Waals surface area contributed by atoms with Crippen molar-refractivity contribution in [3.05, 3.63) is 45.7 Å². The van der Waals surface area contributed by atoms with E-state index < -0.39 is 58.0 Å². The molecule has 34 heavy (non-hydrogen) atoms. The summed E-state index contributed by atoms with van der Waals surface area (Å²) < 4.78 is 0. The standard InChI is InChI=1S/C23H27N3O8/c1-25-17-12-7-10-6-11-9(8-26(2)34-3)4-5-13(27)15(11)18(28)14(10)20(30)23(12,33)21(31)16(19(17)29)22(24)32/h4-5,10,12,17,25,27-28,31,33H,6-8H2,1-3H3,(H2,24,32)/t10-,12-,17-,23-/m0/s1. The Labute approximate surface area is 195 Å². The maximum absolute atomic E-state index is 13.6. The van der Waals surface area contributed by atoms with Gasteiger partial charge in [0.15, 0.2) is 11.4 Å². The molecule has 0 spiro atoms. The van der Waals surface area contributed by atoms with E-state index in [-0.39, 0.29) is 29.7 Å². The van der Waals surface area contributed by atoms with Gasteiger partial charge in [-0.2, -0.15) is 5.06 Å². The van der Waals surface area contributed by atoms with Crippen molar-refractivity contribution in [1.29, 1.82) is 0 Å². The van der Waals surface area contributed by atoms with Crippen molar-refractivity contribution in [3.63, 3.8) is 0 Å². The van der Waals surface area contributed by atoms with Crippen molar-refractivity contribution in [2.45, 2.75) is 31.0 Å². The fraction of sp³-hybridized carbons (Fsp3) is 0.435. The van der Waals surface area contributed by atoms with Crippen molar-refractivity contribution in [3.8, 4) is 5.75 Å². The summed E-state index contributed by atoms with van der Waals surface area (Å²) >= 11 is 0. The minimum atomic E-state index is -2.65. The number of carbonyl (C=O) groups excluding carboxylic acids is 3. The minimum Gasteiger partial charge on any atom is -0.508 e. The molecule has 0 radical (unpaired) electrons. The van der Waals surface area contributed by atoms with Crippen LogP contribution < -0.4 is 11.1 Å². The summed E-state index contributed by atoms with van der Waals surface area (Å²) in [6.07, 6.45) is 0.260. The molecule has 0 aromatic heterocycles. The molecular formula is C23H27N3O8. The number of carbonyl (C=O) groups is 3. The predicted octanol–water partition coefficient (Wildman–Crippen LogP) is -0.385. The van der Waals surface area contributed by atoms with Crippen LogP contribution in [0.3, 0.4) is 0 Å². The topological polar surface area (TPSA) is 183 Å². The number of rotatable bonds is 5. The van der Waals surface area contributed by atoms with E-state index >= 15 is 0 Å². The van der Waals surface area contributed by atoms with Crippen LogP contribution in [0.4, 0.5) is 0 Å². The van der Waals surface area contributed by atoms with Gasteiger partial charge in [0, 0.05) is 25.1 Å². The summed E-state index contributed by atoms with van der Waals surface area (Å²) in [6, 6.07) is 1.91. The molecule has 4 atom stereocenters. The molecule has 3 aliphatic carbocycles. The number of primary amides is 1. The molecule has 1 aromatic rings. The van der Waals surface area contributed by atoms with E-state index in [1.807, 2.05) is 0 Å². The largest absolute Gasteiger partial charge is 0.508 e. The molecule has 0 aliphatic heterocycles. The van der Waals surface area contributed by atoms with Crippen LogP contribution in [0.25, 0.3) is 5.76 Å². The highest BCUT2D eigenvalue weighted by molar-refractivity contribution is 6.24. The maximum atomic E-state index is 13.6. The molecule has 0 bridgehead atoms. The third-order valence-electron chi connectivity index (χ3n) is 7.20. The number of ketones is 2. The van der Waals surface area contributed by atoms with Gasteiger partial charge in [-0.1, -0.05) is 6.07 Å². The van der Waals surface area contributed by atoms with Gasteiger partial charge >= 0.3 is 0 Å². The number of fused-ring (bicyclic) bond motifs is 3. The Kier molecular flexibility index (Phi) is 5.76. The molecule has 0 saturated heterocycles. The first-order valence-corrected chi connectivity index (χ1v) is 10.7. The zero-order valence-corrected chi connectivity index (χ0v) is 19.0. The average Bonchev–Trinajstić information content (AvgIpc) is 2.78. The zero-order chi connectivity index (χ0) is 25.1. The number of hydrogen-bond acceptors (Lipinski definition) is 10. The number of phenols is 1. The summed E-state index contributed by atoms with van der Waals surface area (Å²) in [5.41, 5.74) is 2.99. The van der Waals surface area contributed by atoms with Crippen molar-refractivity contribution in [2.75, 3.05) is 21.2 Å². The van der Waals surface area contributed by atoms with Gasteiger partial charge in [0.2, 0.25) is 5.78 Å². The number of hydrogen-bond donors (Lipinski definition) is 6. The van der Waals surface area contributed by atoms with Gasteiger partial charge in [0.1, 0.15) is 22.8 Å². The molecule has 11 heteroatoms. The number of aliphatic hydroxyl groups is 3. The lowest BCUT2D eigenvalue weighted by Gasteiger charge is -2.49. The van der Waals surface area contributed by atoms with Gasteiger partial charge in [0.25, 0.3) is 5.91 Å². The Balaban J connectivity index is 1.92. The minimum absolute atomic E-state index is 0.0314. The van der Waals surface area contributed by atoms with E-state index in [1.165, 1.54) is 20.2 Å². The van der Waals surface area contributed by atoms with E-state index in [9.17, 15) is 34.8 Å². The van der Waals surface area contributed by atoms with Crippen LogP contribution in [0.2, 0.25) is 0 Å². The molecule has 1 amide bonds. The highest BCUT2D eigenvalue weighted by Gasteiger charge is 2.63. The Morgan fingerprint density at radius 1 is 1.29 bits per heavy atom. The monoisotopic (exact) mass is 473 g/mol. The number of nitrogens with two attached hydrogens (primary N) is 1. The summed E-state index contributed by atoms with van der Waals surface area (Å²) in [5, 5.41) is 48.1. The smallest absolute Gasteiger partial charge is 0.255 e.